The molecule has 0 amide bonds. The Morgan fingerprint density at radius 2 is 2.05 bits per heavy atom. The summed E-state index contributed by atoms with van der Waals surface area (Å²) in [6, 6.07) is 4.87. The quantitative estimate of drug-likeness (QED) is 0.852. The van der Waals surface area contributed by atoms with Crippen molar-refractivity contribution in [3.63, 3.8) is 0 Å². The van der Waals surface area contributed by atoms with Crippen LogP contribution in [0.5, 0.6) is 0 Å². The van der Waals surface area contributed by atoms with Crippen molar-refractivity contribution in [1.29, 1.82) is 0 Å². The van der Waals surface area contributed by atoms with Crippen LogP contribution < -0.4 is 10.5 Å². The highest BCUT2D eigenvalue weighted by molar-refractivity contribution is 9.10. The number of furan rings is 1. The van der Waals surface area contributed by atoms with Gasteiger partial charge in [0.05, 0.1) is 6.54 Å². The van der Waals surface area contributed by atoms with Crippen molar-refractivity contribution in [3.05, 3.63) is 46.6 Å². The molecule has 0 aliphatic rings. The fourth-order valence-electron chi connectivity index (χ4n) is 1.44. The summed E-state index contributed by atoms with van der Waals surface area (Å²) in [5.41, 5.74) is 6.22. The number of nitrogens with two attached hydrogens (primary N) is 1. The Hall–Kier alpha value is -1.22. The Balaban J connectivity index is 2.16. The van der Waals surface area contributed by atoms with Gasteiger partial charge in [0.15, 0.2) is 4.67 Å². The van der Waals surface area contributed by atoms with Gasteiger partial charge in [-0.25, -0.2) is 13.1 Å². The van der Waals surface area contributed by atoms with Crippen LogP contribution in [0.15, 0.2) is 44.6 Å². The van der Waals surface area contributed by atoms with E-state index in [1.165, 1.54) is 6.07 Å². The van der Waals surface area contributed by atoms with E-state index in [0.29, 0.717) is 5.76 Å². The third-order valence-electron chi connectivity index (χ3n) is 2.41. The van der Waals surface area contributed by atoms with Gasteiger partial charge in [-0.1, -0.05) is 0 Å². The molecule has 0 aliphatic heterocycles. The molecule has 0 unspecified atom stereocenters. The average molecular weight is 346 g/mol. The zero-order chi connectivity index (χ0) is 13.9. The number of aromatic nitrogens is 1. The van der Waals surface area contributed by atoms with Crippen LogP contribution in [0, 0.1) is 0 Å². The molecule has 0 aromatic carbocycles. The molecule has 6 nitrogen and oxygen atoms in total. The summed E-state index contributed by atoms with van der Waals surface area (Å²) >= 11 is 3.07. The first-order chi connectivity index (χ1) is 9.03. The van der Waals surface area contributed by atoms with E-state index >= 15 is 0 Å². The fraction of sp³-hybridized carbons (Fsp3) is 0.182. The van der Waals surface area contributed by atoms with E-state index in [0.717, 1.165) is 5.56 Å². The second kappa shape index (κ2) is 5.83. The summed E-state index contributed by atoms with van der Waals surface area (Å²) in [5.74, 6) is 0.399. The maximum atomic E-state index is 12.1. The molecule has 0 radical (unpaired) electrons. The Labute approximate surface area is 119 Å². The van der Waals surface area contributed by atoms with E-state index in [1.54, 1.807) is 24.5 Å². The standard InChI is InChI=1S/C11H12BrN3O3S/c12-11-10(5-9(6-13)18-11)19(16,17)15-7-8-1-3-14-4-2-8/h1-5,15H,6-7,13H2. The molecule has 2 rings (SSSR count). The van der Waals surface area contributed by atoms with Crippen molar-refractivity contribution in [2.45, 2.75) is 18.0 Å². The molecule has 2 aromatic rings. The molecule has 3 N–H and O–H groups in total. The third kappa shape index (κ3) is 3.41. The van der Waals surface area contributed by atoms with Crippen molar-refractivity contribution in [3.8, 4) is 0 Å². The molecule has 0 bridgehead atoms. The van der Waals surface area contributed by atoms with Crippen LogP contribution in [-0.2, 0) is 23.1 Å². The Kier molecular flexibility index (Phi) is 4.35. The summed E-state index contributed by atoms with van der Waals surface area (Å²) < 4.78 is 32.0. The number of nitrogens with zero attached hydrogens (tertiary/aromatic N) is 1. The zero-order valence-electron chi connectivity index (χ0n) is 9.84. The Morgan fingerprint density at radius 1 is 1.37 bits per heavy atom. The summed E-state index contributed by atoms with van der Waals surface area (Å²) in [5, 5.41) is 0. The molecular formula is C11H12BrN3O3S. The first-order valence-corrected chi connectivity index (χ1v) is 7.67. The second-order valence-electron chi connectivity index (χ2n) is 3.73. The SMILES string of the molecule is NCc1cc(S(=O)(=O)NCc2ccncc2)c(Br)o1. The normalized spacial score (nSPS) is 11.7. The van der Waals surface area contributed by atoms with Gasteiger partial charge in [-0.3, -0.25) is 4.98 Å². The molecule has 0 saturated heterocycles. The maximum Gasteiger partial charge on any atom is 0.245 e. The van der Waals surface area contributed by atoms with Gasteiger partial charge in [-0.05, 0) is 33.6 Å². The minimum Gasteiger partial charge on any atom is -0.452 e. The number of halogens is 1. The van der Waals surface area contributed by atoms with Crippen molar-refractivity contribution in [1.82, 2.24) is 9.71 Å². The van der Waals surface area contributed by atoms with Crippen LogP contribution in [0.4, 0.5) is 0 Å². The minimum atomic E-state index is -3.64. The van der Waals surface area contributed by atoms with Gasteiger partial charge in [-0.2, -0.15) is 0 Å². The molecular weight excluding hydrogens is 334 g/mol. The lowest BCUT2D eigenvalue weighted by Crippen LogP contribution is -2.23. The average Bonchev–Trinajstić information content (AvgIpc) is 2.80. The summed E-state index contributed by atoms with van der Waals surface area (Å²) in [4.78, 5) is 3.91. The van der Waals surface area contributed by atoms with Gasteiger partial charge in [0, 0.05) is 25.0 Å². The van der Waals surface area contributed by atoms with Crippen LogP contribution in [0.2, 0.25) is 0 Å². The number of pyridine rings is 1. The third-order valence-corrected chi connectivity index (χ3v) is 4.67. The largest absolute Gasteiger partial charge is 0.452 e. The van der Waals surface area contributed by atoms with Gasteiger partial charge >= 0.3 is 0 Å². The van der Waals surface area contributed by atoms with E-state index in [4.69, 9.17) is 10.2 Å². The summed E-state index contributed by atoms with van der Waals surface area (Å²) in [6.45, 7) is 0.318. The van der Waals surface area contributed by atoms with Crippen molar-refractivity contribution in [2.24, 2.45) is 5.73 Å². The van der Waals surface area contributed by atoms with Crippen LogP contribution >= 0.6 is 15.9 Å². The Bertz CT molecular complexity index is 655. The highest BCUT2D eigenvalue weighted by atomic mass is 79.9. The number of rotatable bonds is 5. The lowest BCUT2D eigenvalue weighted by atomic mass is 10.3. The molecule has 0 fully saturated rings. The number of nitrogens with one attached hydrogen (secondary N) is 1. The van der Waals surface area contributed by atoms with Gasteiger partial charge in [0.25, 0.3) is 0 Å². The fourth-order valence-corrected chi connectivity index (χ4v) is 3.45. The topological polar surface area (TPSA) is 98.2 Å². The van der Waals surface area contributed by atoms with E-state index in [-0.39, 0.29) is 22.7 Å². The molecule has 8 heteroatoms. The monoisotopic (exact) mass is 345 g/mol. The molecule has 0 spiro atoms. The minimum absolute atomic E-state index is 0.0435. The number of sulfonamides is 1. The lowest BCUT2D eigenvalue weighted by Gasteiger charge is -2.04. The molecule has 0 atom stereocenters. The van der Waals surface area contributed by atoms with Gasteiger partial charge in [0.1, 0.15) is 10.7 Å². The smallest absolute Gasteiger partial charge is 0.245 e. The lowest BCUT2D eigenvalue weighted by molar-refractivity contribution is 0.483. The van der Waals surface area contributed by atoms with Crippen molar-refractivity contribution < 1.29 is 12.8 Å². The summed E-state index contributed by atoms with van der Waals surface area (Å²) in [6.07, 6.45) is 3.20. The van der Waals surface area contributed by atoms with Crippen molar-refractivity contribution in [2.75, 3.05) is 0 Å². The van der Waals surface area contributed by atoms with E-state index in [2.05, 4.69) is 25.6 Å². The van der Waals surface area contributed by atoms with E-state index in [9.17, 15) is 8.42 Å². The predicted octanol–water partition coefficient (Wildman–Crippen LogP) is 1.37. The highest BCUT2D eigenvalue weighted by Gasteiger charge is 2.21. The second-order valence-corrected chi connectivity index (χ2v) is 6.19. The first kappa shape index (κ1) is 14.2. The highest BCUT2D eigenvalue weighted by Crippen LogP contribution is 2.25. The zero-order valence-corrected chi connectivity index (χ0v) is 12.2. The molecule has 2 aromatic heterocycles. The number of hydrogen-bond donors (Lipinski definition) is 2. The van der Waals surface area contributed by atoms with Crippen molar-refractivity contribution >= 4 is 26.0 Å². The van der Waals surface area contributed by atoms with Crippen LogP contribution in [0.1, 0.15) is 11.3 Å². The summed E-state index contributed by atoms with van der Waals surface area (Å²) in [7, 11) is -3.64. The van der Waals surface area contributed by atoms with Crippen LogP contribution in [-0.4, -0.2) is 13.4 Å². The van der Waals surface area contributed by atoms with E-state index in [1.807, 2.05) is 0 Å². The van der Waals surface area contributed by atoms with Crippen LogP contribution in [0.3, 0.4) is 0 Å². The van der Waals surface area contributed by atoms with Gasteiger partial charge in [-0.15, -0.1) is 0 Å². The Morgan fingerprint density at radius 3 is 2.63 bits per heavy atom. The molecule has 19 heavy (non-hydrogen) atoms. The van der Waals surface area contributed by atoms with Gasteiger partial charge < -0.3 is 10.2 Å². The first-order valence-electron chi connectivity index (χ1n) is 5.40. The molecule has 2 heterocycles. The maximum absolute atomic E-state index is 12.1. The molecule has 0 aliphatic carbocycles. The predicted molar refractivity (Wildman–Crippen MR) is 72.6 cm³/mol. The molecule has 0 saturated carbocycles. The van der Waals surface area contributed by atoms with E-state index < -0.39 is 10.0 Å². The van der Waals surface area contributed by atoms with Gasteiger partial charge in [0.2, 0.25) is 10.0 Å². The molecule has 102 valence electrons. The van der Waals surface area contributed by atoms with Crippen LogP contribution in [0.25, 0.3) is 0 Å². The number of hydrogen-bond acceptors (Lipinski definition) is 5.